The van der Waals surface area contributed by atoms with Gasteiger partial charge in [0.25, 0.3) is 11.8 Å². The molecule has 7 aromatic rings. The van der Waals surface area contributed by atoms with Gasteiger partial charge in [0.15, 0.2) is 5.43 Å². The van der Waals surface area contributed by atoms with E-state index in [9.17, 15) is 82.4 Å². The van der Waals surface area contributed by atoms with Crippen molar-refractivity contribution < 1.29 is 86.8 Å². The van der Waals surface area contributed by atoms with Gasteiger partial charge in [-0.05, 0) is 185 Å². The molecule has 6 aromatic carbocycles. The smallest absolute Gasteiger partial charge is 0.336 e. The number of unbranched alkanes of at least 4 members (excludes halogenated alkanes) is 2. The quantitative estimate of drug-likeness (QED) is 0.0271. The largest absolute Gasteiger partial charge is 0.508 e. The molecule has 39 nitrogen and oxygen atoms in total. The lowest BCUT2D eigenvalue weighted by Crippen LogP contribution is -2.57. The van der Waals surface area contributed by atoms with Crippen molar-refractivity contribution in [1.82, 2.24) is 52.2 Å². The Kier molecular flexibility index (Phi) is 29.7. The standard InChI is InChI=1S/C88H96N20O19S/c89-27-3-1-5-64-82(121)101-66-34-49(76(91)115)9-10-50(66)43-126-69-22-14-53(37-63(69)80(119)95-42-74(114)99-64)97-73(113)41-94-79(118)48-25-31-108(32-26-48)88-105-86(98-54-13-19-58(62(36-54)85(124)125)75-59-20-17-56(110)38-70(59)127-71-39-57(111)18-21-60(71)75)104-87(106-88)107-29-23-47(24-30-107)78(117)93-40-72(112)96-52-12-11-51-44-128-45-68(77(92)116)103-84(123)67(33-46-7-15-55(109)16-8-46)102-83(122)65(6-2-4-28-90)100-81(120)61(51)35-52/h7-22,34-39,47-48,64-65,67-68,109-110H,1-6,23-33,40-45,89-90H2,(H2,91,115)(H2,92,116)(H,93,117)(H,94,118)(H,95,119)(H,96,112)(H,97,113)(H,99,114)(H,100,120)(H,101,121)(H,102,122)(H,103,123)(H,124,125)(H,98,104,105,106)/t64-,65-,67-,68-/m0/s1. The predicted molar refractivity (Wildman–Crippen MR) is 473 cm³/mol. The number of phenolic OH excluding ortho intramolecular Hbond substituents is 2. The average Bonchev–Trinajstić information content (AvgIpc) is 0.745. The van der Waals surface area contributed by atoms with Crippen LogP contribution in [0.25, 0.3) is 33.4 Å². The van der Waals surface area contributed by atoms with Gasteiger partial charge in [0.05, 0.1) is 30.8 Å². The van der Waals surface area contributed by atoms with Gasteiger partial charge < -0.3 is 116 Å². The maximum atomic E-state index is 14.4. The second-order valence-corrected chi connectivity index (χ2v) is 32.3. The van der Waals surface area contributed by atoms with E-state index in [1.54, 1.807) is 42.5 Å². The number of aromatic nitrogens is 3. The highest BCUT2D eigenvalue weighted by Crippen LogP contribution is 2.43. The molecule has 40 heteroatoms. The van der Waals surface area contributed by atoms with Crippen molar-refractivity contribution in [2.75, 3.05) is 95.7 Å². The Morgan fingerprint density at radius 2 is 1.16 bits per heavy atom. The number of carboxylic acid groups (broad SMARTS) is 1. The first-order valence-electron chi connectivity index (χ1n) is 41.5. The van der Waals surface area contributed by atoms with Crippen LogP contribution in [0.4, 0.5) is 40.6 Å². The lowest BCUT2D eigenvalue weighted by molar-refractivity contribution is -0.131. The topological polar surface area (TPSA) is 604 Å². The number of aromatic hydroxyl groups is 2. The highest BCUT2D eigenvalue weighted by Gasteiger charge is 2.35. The summed E-state index contributed by atoms with van der Waals surface area (Å²) in [6, 6.07) is 27.5. The van der Waals surface area contributed by atoms with Crippen LogP contribution in [-0.4, -0.2) is 196 Å². The number of thioether (sulfide) groups is 1. The summed E-state index contributed by atoms with van der Waals surface area (Å²) in [6.45, 7) is -0.249. The molecule has 2 saturated heterocycles. The molecule has 1 aromatic heterocycles. The first-order valence-corrected chi connectivity index (χ1v) is 42.7. The van der Waals surface area contributed by atoms with Crippen molar-refractivity contribution >= 4 is 140 Å². The lowest BCUT2D eigenvalue weighted by Gasteiger charge is -2.34. The van der Waals surface area contributed by atoms with Gasteiger partial charge in [-0.3, -0.25) is 62.3 Å². The average molecular weight is 1770 g/mol. The minimum absolute atomic E-state index is 0.0200. The highest BCUT2D eigenvalue weighted by molar-refractivity contribution is 7.98. The summed E-state index contributed by atoms with van der Waals surface area (Å²) in [6.07, 6.45) is 3.23. The zero-order valence-corrected chi connectivity index (χ0v) is 70.1. The van der Waals surface area contributed by atoms with E-state index in [1.165, 1.54) is 103 Å². The Balaban J connectivity index is 0.679. The zero-order chi connectivity index (χ0) is 90.8. The molecule has 12 amide bonds. The molecular weight excluding hydrogens is 1670 g/mol. The molecule has 128 heavy (non-hydrogen) atoms. The third kappa shape index (κ3) is 23.2. The Hall–Kier alpha value is -14.8. The monoisotopic (exact) mass is 1770 g/mol. The number of carbonyl (C=O) groups is 13. The maximum absolute atomic E-state index is 14.4. The normalized spacial score (nSPS) is 17.5. The summed E-state index contributed by atoms with van der Waals surface area (Å²) in [5, 5.41) is 62.0. The first-order chi connectivity index (χ1) is 61.6. The maximum Gasteiger partial charge on any atom is 0.336 e. The predicted octanol–water partition coefficient (Wildman–Crippen LogP) is 3.69. The van der Waals surface area contributed by atoms with Crippen LogP contribution in [0.2, 0.25) is 0 Å². The molecule has 5 aliphatic heterocycles. The van der Waals surface area contributed by atoms with Gasteiger partial charge in [0.2, 0.25) is 76.9 Å². The van der Waals surface area contributed by atoms with E-state index in [1.807, 2.05) is 9.80 Å². The van der Waals surface area contributed by atoms with Crippen LogP contribution < -0.4 is 101 Å². The summed E-state index contributed by atoms with van der Waals surface area (Å²) >= 11 is 1.20. The molecule has 6 aliphatic rings. The van der Waals surface area contributed by atoms with E-state index in [2.05, 4.69) is 58.5 Å². The fourth-order valence-electron chi connectivity index (χ4n) is 15.3. The summed E-state index contributed by atoms with van der Waals surface area (Å²) in [7, 11) is 0. The van der Waals surface area contributed by atoms with E-state index < -0.39 is 132 Å². The van der Waals surface area contributed by atoms with Crippen molar-refractivity contribution in [3.05, 3.63) is 183 Å². The molecule has 0 saturated carbocycles. The minimum Gasteiger partial charge on any atom is -0.508 e. The van der Waals surface area contributed by atoms with E-state index in [4.69, 9.17) is 47.0 Å². The summed E-state index contributed by atoms with van der Waals surface area (Å²) in [5.41, 5.74) is 25.7. The van der Waals surface area contributed by atoms with Crippen molar-refractivity contribution in [3.8, 4) is 39.7 Å². The third-order valence-electron chi connectivity index (χ3n) is 22.2. The molecule has 1 aliphatic carbocycles. The van der Waals surface area contributed by atoms with Crippen LogP contribution >= 0.6 is 11.8 Å². The van der Waals surface area contributed by atoms with Gasteiger partial charge in [-0.2, -0.15) is 26.7 Å². The Morgan fingerprint density at radius 3 is 1.80 bits per heavy atom. The number of fused-ring (bicyclic) bond motifs is 5. The summed E-state index contributed by atoms with van der Waals surface area (Å²) in [5.74, 6) is -10.1. The number of anilines is 7. The van der Waals surface area contributed by atoms with Gasteiger partial charge in [0.1, 0.15) is 59.4 Å². The molecule has 668 valence electrons. The van der Waals surface area contributed by atoms with Crippen LogP contribution in [0.15, 0.2) is 143 Å². The number of benzene rings is 7. The van der Waals surface area contributed by atoms with E-state index in [0.29, 0.717) is 72.0 Å². The number of amides is 12. The number of carboxylic acids is 1. The van der Waals surface area contributed by atoms with Crippen molar-refractivity contribution in [2.45, 2.75) is 107 Å². The third-order valence-corrected chi connectivity index (χ3v) is 23.3. The van der Waals surface area contributed by atoms with Gasteiger partial charge in [-0.15, -0.1) is 0 Å². The second-order valence-electron chi connectivity index (χ2n) is 31.2. The summed E-state index contributed by atoms with van der Waals surface area (Å²) in [4.78, 5) is 208. The Labute approximate surface area is 735 Å². The van der Waals surface area contributed by atoms with Crippen LogP contribution in [-0.2, 0) is 61.9 Å². The molecule has 0 unspecified atom stereocenters. The number of hydrogen-bond acceptors (Lipinski definition) is 27. The molecule has 0 radical (unpaired) electrons. The molecule has 6 heterocycles. The SMILES string of the molecule is NCCCC[C@@H]1NC(=O)CNC(=O)c2cc(NC(=O)CNC(=O)C3CCN(c4nc(Nc5ccc(-c6c7ccc(=O)cc-7oc7cc(O)ccc67)c(C(=O)O)c5)nc(N5CCC(C(=O)NCC(=O)Nc6ccc7c(c6)C(=O)N[C@@H](CCCCN)C(=O)N[C@@H](Cc6ccc(O)cc6)C(=O)N[C@H](C(N)=O)CSC7)CC5)n4)CC3)ccc2OCc2ccc(C(N)=O)cc2NC1=O. The van der Waals surface area contributed by atoms with Crippen LogP contribution in [0, 0.1) is 11.8 Å². The molecule has 0 bridgehead atoms. The molecule has 22 N–H and O–H groups in total. The number of nitrogens with two attached hydrogens (primary N) is 4. The molecule has 4 atom stereocenters. The van der Waals surface area contributed by atoms with Crippen molar-refractivity contribution in [2.24, 2.45) is 34.8 Å². The summed E-state index contributed by atoms with van der Waals surface area (Å²) < 4.78 is 12.2. The second kappa shape index (κ2) is 41.8. The number of aromatic carboxylic acids is 1. The van der Waals surface area contributed by atoms with Gasteiger partial charge >= 0.3 is 5.97 Å². The number of hydrogen-bond donors (Lipinski definition) is 18. The van der Waals surface area contributed by atoms with Crippen LogP contribution in [0.3, 0.4) is 0 Å². The molecule has 2 fully saturated rings. The lowest BCUT2D eigenvalue weighted by atomic mass is 9.90. The number of nitrogens with one attached hydrogen (secondary N) is 11. The zero-order valence-electron chi connectivity index (χ0n) is 69.3. The minimum atomic E-state index is -1.32. The van der Waals surface area contributed by atoms with Gasteiger partial charge in [0, 0.05) is 124 Å². The number of ether oxygens (including phenoxy) is 1. The fourth-order valence-corrected chi connectivity index (χ4v) is 16.4. The number of rotatable bonds is 26. The number of primary amides is 2. The van der Waals surface area contributed by atoms with Gasteiger partial charge in [-0.25, -0.2) is 4.79 Å². The first kappa shape index (κ1) is 90.9. The van der Waals surface area contributed by atoms with Gasteiger partial charge in [-0.1, -0.05) is 30.3 Å². The number of phenols is 2. The Bertz CT molecular complexity index is 5800. The number of piperidine rings is 2. The van der Waals surface area contributed by atoms with Crippen LogP contribution in [0.1, 0.15) is 122 Å². The number of carbonyl (C=O) groups excluding carboxylic acids is 12. The molecule has 13 rings (SSSR count). The Morgan fingerprint density at radius 1 is 0.562 bits per heavy atom. The van der Waals surface area contributed by atoms with Crippen molar-refractivity contribution in [3.63, 3.8) is 0 Å². The highest BCUT2D eigenvalue weighted by atomic mass is 32.2. The van der Waals surface area contributed by atoms with Crippen molar-refractivity contribution in [1.29, 1.82) is 0 Å². The van der Waals surface area contributed by atoms with Crippen LogP contribution in [0.5, 0.6) is 17.2 Å². The number of nitrogens with zero attached hydrogens (tertiary/aromatic N) is 5. The fraction of sp³-hybridized carbons (Fsp3) is 0.330. The van der Waals surface area contributed by atoms with E-state index >= 15 is 0 Å². The molecule has 0 spiro atoms. The molecular formula is C88H96N20O19S. The van der Waals surface area contributed by atoms with E-state index in [0.717, 1.165) is 0 Å². The van der Waals surface area contributed by atoms with E-state index in [-0.39, 0.29) is 192 Å².